The van der Waals surface area contributed by atoms with Gasteiger partial charge in [-0.05, 0) is 48.4 Å². The molecule has 1 aromatic carbocycles. The molecule has 24 heavy (non-hydrogen) atoms. The molecule has 6 nitrogen and oxygen atoms in total. The second-order valence-corrected chi connectivity index (χ2v) is 7.25. The molecule has 2 fully saturated rings. The predicted octanol–water partition coefficient (Wildman–Crippen LogP) is 1.95. The van der Waals surface area contributed by atoms with Gasteiger partial charge in [0.2, 0.25) is 5.91 Å². The first-order valence-electron chi connectivity index (χ1n) is 8.16. The number of carbonyl (C=O) groups is 3. The Morgan fingerprint density at radius 3 is 2.67 bits per heavy atom. The molecule has 126 valence electrons. The maximum atomic E-state index is 12.6. The number of carbonyl (C=O) groups excluding carboxylic acids is 3. The quantitative estimate of drug-likeness (QED) is 0.817. The van der Waals surface area contributed by atoms with Gasteiger partial charge in [0.25, 0.3) is 5.91 Å². The van der Waals surface area contributed by atoms with Crippen molar-refractivity contribution < 1.29 is 14.4 Å². The van der Waals surface area contributed by atoms with Crippen LogP contribution in [0.25, 0.3) is 0 Å². The molecule has 3 aliphatic rings. The molecule has 1 aromatic rings. The summed E-state index contributed by atoms with van der Waals surface area (Å²) in [5, 5.41) is 5.74. The van der Waals surface area contributed by atoms with Crippen molar-refractivity contribution in [3.05, 3.63) is 34.3 Å². The highest BCUT2D eigenvalue weighted by molar-refractivity contribution is 6.30. The lowest BCUT2D eigenvalue weighted by atomic mass is 9.88. The minimum atomic E-state index is -0.900. The van der Waals surface area contributed by atoms with Gasteiger partial charge in [0.05, 0.1) is 0 Å². The first kappa shape index (κ1) is 15.4. The molecule has 2 heterocycles. The maximum Gasteiger partial charge on any atom is 0.322 e. The van der Waals surface area contributed by atoms with Gasteiger partial charge in [-0.2, -0.15) is 0 Å². The molecular formula is C17H18ClN3O3. The maximum absolute atomic E-state index is 12.6. The van der Waals surface area contributed by atoms with E-state index in [0.29, 0.717) is 24.5 Å². The number of hydrogen-bond donors (Lipinski definition) is 2. The molecule has 1 saturated carbocycles. The Balaban J connectivity index is 1.42. The lowest BCUT2D eigenvalue weighted by molar-refractivity contribution is -0.133. The van der Waals surface area contributed by atoms with E-state index in [0.717, 1.165) is 24.0 Å². The van der Waals surface area contributed by atoms with Crippen LogP contribution in [0.15, 0.2) is 18.2 Å². The average molecular weight is 348 g/mol. The highest BCUT2D eigenvalue weighted by atomic mass is 35.5. The largest absolute Gasteiger partial charge is 0.334 e. The third-order valence-corrected chi connectivity index (χ3v) is 5.45. The van der Waals surface area contributed by atoms with Crippen molar-refractivity contribution in [1.82, 2.24) is 15.5 Å². The van der Waals surface area contributed by atoms with Gasteiger partial charge in [-0.25, -0.2) is 4.79 Å². The van der Waals surface area contributed by atoms with E-state index in [1.165, 1.54) is 0 Å². The minimum absolute atomic E-state index is 0.00343. The second-order valence-electron chi connectivity index (χ2n) is 6.82. The second kappa shape index (κ2) is 5.48. The molecule has 1 saturated heterocycles. The van der Waals surface area contributed by atoms with Gasteiger partial charge in [-0.3, -0.25) is 14.9 Å². The SMILES string of the molecule is O=C1NC(=O)[C@](CCC(=O)N2Cc3ccc(Cl)cc3C2)(C2CC2)N1. The predicted molar refractivity (Wildman–Crippen MR) is 87.1 cm³/mol. The van der Waals surface area contributed by atoms with Crippen LogP contribution >= 0.6 is 11.6 Å². The number of nitrogens with one attached hydrogen (secondary N) is 2. The fraction of sp³-hybridized carbons (Fsp3) is 0.471. The Labute approximate surface area is 144 Å². The lowest BCUT2D eigenvalue weighted by Gasteiger charge is -2.26. The summed E-state index contributed by atoms with van der Waals surface area (Å²) in [4.78, 5) is 38.1. The summed E-state index contributed by atoms with van der Waals surface area (Å²) >= 11 is 6.00. The van der Waals surface area contributed by atoms with Crippen molar-refractivity contribution in [1.29, 1.82) is 0 Å². The Hall–Kier alpha value is -2.08. The summed E-state index contributed by atoms with van der Waals surface area (Å²) < 4.78 is 0. The smallest absolute Gasteiger partial charge is 0.322 e. The normalized spacial score (nSPS) is 25.5. The highest BCUT2D eigenvalue weighted by Crippen LogP contribution is 2.44. The molecule has 4 rings (SSSR count). The zero-order chi connectivity index (χ0) is 16.9. The van der Waals surface area contributed by atoms with E-state index in [1.54, 1.807) is 4.90 Å². The van der Waals surface area contributed by atoms with Crippen LogP contribution in [0.3, 0.4) is 0 Å². The molecule has 1 atom stereocenters. The van der Waals surface area contributed by atoms with Gasteiger partial charge < -0.3 is 10.2 Å². The lowest BCUT2D eigenvalue weighted by Crippen LogP contribution is -2.49. The van der Waals surface area contributed by atoms with Crippen molar-refractivity contribution >= 4 is 29.4 Å². The van der Waals surface area contributed by atoms with Gasteiger partial charge in [0, 0.05) is 24.5 Å². The zero-order valence-electron chi connectivity index (χ0n) is 13.1. The third kappa shape index (κ3) is 2.55. The number of imide groups is 1. The van der Waals surface area contributed by atoms with Crippen LogP contribution in [0.1, 0.15) is 36.8 Å². The topological polar surface area (TPSA) is 78.5 Å². The monoisotopic (exact) mass is 347 g/mol. The molecule has 0 spiro atoms. The molecule has 0 aromatic heterocycles. The Kier molecular flexibility index (Phi) is 3.53. The van der Waals surface area contributed by atoms with E-state index in [1.807, 2.05) is 18.2 Å². The molecule has 1 aliphatic carbocycles. The van der Waals surface area contributed by atoms with Gasteiger partial charge in [-0.15, -0.1) is 0 Å². The number of amides is 4. The van der Waals surface area contributed by atoms with Crippen molar-refractivity contribution in [2.75, 3.05) is 0 Å². The van der Waals surface area contributed by atoms with Gasteiger partial charge in [-0.1, -0.05) is 17.7 Å². The first-order chi connectivity index (χ1) is 11.5. The number of urea groups is 1. The van der Waals surface area contributed by atoms with Crippen molar-refractivity contribution in [3.8, 4) is 0 Å². The van der Waals surface area contributed by atoms with Crippen molar-refractivity contribution in [2.24, 2.45) is 5.92 Å². The van der Waals surface area contributed by atoms with E-state index in [4.69, 9.17) is 11.6 Å². The van der Waals surface area contributed by atoms with E-state index in [2.05, 4.69) is 10.6 Å². The van der Waals surface area contributed by atoms with Gasteiger partial charge >= 0.3 is 6.03 Å². The Morgan fingerprint density at radius 2 is 2.00 bits per heavy atom. The molecule has 0 bridgehead atoms. The van der Waals surface area contributed by atoms with E-state index < -0.39 is 11.6 Å². The molecule has 2 N–H and O–H groups in total. The molecule has 4 amide bonds. The van der Waals surface area contributed by atoms with E-state index in [9.17, 15) is 14.4 Å². The number of rotatable bonds is 4. The van der Waals surface area contributed by atoms with Crippen LogP contribution in [-0.2, 0) is 22.7 Å². The van der Waals surface area contributed by atoms with Crippen LogP contribution in [0.5, 0.6) is 0 Å². The number of hydrogen-bond acceptors (Lipinski definition) is 3. The average Bonchev–Trinajstić information content (AvgIpc) is 3.24. The number of halogens is 1. The summed E-state index contributed by atoms with van der Waals surface area (Å²) in [5.74, 6) is -0.151. The third-order valence-electron chi connectivity index (χ3n) is 5.22. The molecular weight excluding hydrogens is 330 g/mol. The van der Waals surface area contributed by atoms with Crippen molar-refractivity contribution in [2.45, 2.75) is 44.3 Å². The first-order valence-corrected chi connectivity index (χ1v) is 8.54. The number of nitrogens with zero attached hydrogens (tertiary/aromatic N) is 1. The summed E-state index contributed by atoms with van der Waals surface area (Å²) in [7, 11) is 0. The fourth-order valence-electron chi connectivity index (χ4n) is 3.75. The van der Waals surface area contributed by atoms with E-state index >= 15 is 0 Å². The summed E-state index contributed by atoms with van der Waals surface area (Å²) in [6.07, 6.45) is 2.42. The molecule has 0 radical (unpaired) electrons. The number of benzene rings is 1. The molecule has 2 aliphatic heterocycles. The summed E-state index contributed by atoms with van der Waals surface area (Å²) in [6, 6.07) is 5.21. The molecule has 0 unspecified atom stereocenters. The van der Waals surface area contributed by atoms with Crippen LogP contribution in [0, 0.1) is 5.92 Å². The Morgan fingerprint density at radius 1 is 1.25 bits per heavy atom. The number of fused-ring (bicyclic) bond motifs is 1. The fourth-order valence-corrected chi connectivity index (χ4v) is 3.95. The standard InChI is InChI=1S/C17H18ClN3O3/c18-13-4-1-10-8-21(9-11(10)7-13)14(22)5-6-17(12-2-3-12)15(23)19-16(24)20-17/h1,4,7,12H,2-3,5-6,8-9H2,(H2,19,20,23,24)/t17-/m0/s1. The van der Waals surface area contributed by atoms with Gasteiger partial charge in [0.1, 0.15) is 5.54 Å². The Bertz CT molecular complexity index is 747. The van der Waals surface area contributed by atoms with Gasteiger partial charge in [0.15, 0.2) is 0 Å². The van der Waals surface area contributed by atoms with Crippen LogP contribution in [0.2, 0.25) is 5.02 Å². The summed E-state index contributed by atoms with van der Waals surface area (Å²) in [5.41, 5.74) is 1.28. The van der Waals surface area contributed by atoms with Crippen LogP contribution in [-0.4, -0.2) is 28.3 Å². The zero-order valence-corrected chi connectivity index (χ0v) is 13.9. The minimum Gasteiger partial charge on any atom is -0.334 e. The summed E-state index contributed by atoms with van der Waals surface area (Å²) in [6.45, 7) is 1.12. The highest BCUT2D eigenvalue weighted by Gasteiger charge is 2.55. The van der Waals surface area contributed by atoms with Crippen molar-refractivity contribution in [3.63, 3.8) is 0 Å². The van der Waals surface area contributed by atoms with E-state index in [-0.39, 0.29) is 24.2 Å². The van der Waals surface area contributed by atoms with Crippen LogP contribution in [0.4, 0.5) is 4.79 Å². The van der Waals surface area contributed by atoms with Crippen LogP contribution < -0.4 is 10.6 Å². The molecule has 7 heteroatoms.